The van der Waals surface area contributed by atoms with Crippen LogP contribution in [0.1, 0.15) is 19.4 Å². The number of hydrogen-bond donors (Lipinski definition) is 0. The zero-order chi connectivity index (χ0) is 15.8. The minimum absolute atomic E-state index is 0.181. The van der Waals surface area contributed by atoms with E-state index in [0.29, 0.717) is 16.9 Å². The highest BCUT2D eigenvalue weighted by Gasteiger charge is 2.33. The summed E-state index contributed by atoms with van der Waals surface area (Å²) in [6.45, 7) is 7.56. The van der Waals surface area contributed by atoms with Crippen LogP contribution in [0.15, 0.2) is 30.8 Å². The third-order valence-electron chi connectivity index (χ3n) is 2.83. The van der Waals surface area contributed by atoms with Crippen molar-refractivity contribution < 1.29 is 23.8 Å². The first-order valence-electron chi connectivity index (χ1n) is 6.71. The van der Waals surface area contributed by atoms with Gasteiger partial charge < -0.3 is 14.2 Å². The number of carbonyl (C=O) groups is 2. The molecule has 114 valence electrons. The number of carbonyl (C=O) groups excluding carboxylic acids is 2. The second kappa shape index (κ2) is 8.09. The van der Waals surface area contributed by atoms with E-state index < -0.39 is 17.9 Å². The van der Waals surface area contributed by atoms with E-state index in [0.717, 1.165) is 0 Å². The second-order valence-electron chi connectivity index (χ2n) is 4.19. The first kappa shape index (κ1) is 16.8. The van der Waals surface area contributed by atoms with E-state index in [1.54, 1.807) is 38.1 Å². The summed E-state index contributed by atoms with van der Waals surface area (Å²) >= 11 is 0. The molecule has 0 aliphatic heterocycles. The molecular formula is C16H20O5. The van der Waals surface area contributed by atoms with Crippen LogP contribution in [-0.4, -0.2) is 32.3 Å². The maximum absolute atomic E-state index is 12.0. The van der Waals surface area contributed by atoms with Crippen molar-refractivity contribution in [3.8, 4) is 5.75 Å². The number of methoxy groups -OCH3 is 1. The zero-order valence-corrected chi connectivity index (χ0v) is 12.5. The van der Waals surface area contributed by atoms with Crippen molar-refractivity contribution in [3.05, 3.63) is 36.4 Å². The molecule has 0 unspecified atom stereocenters. The topological polar surface area (TPSA) is 61.8 Å². The van der Waals surface area contributed by atoms with Crippen molar-refractivity contribution in [3.63, 3.8) is 0 Å². The second-order valence-corrected chi connectivity index (χ2v) is 4.19. The minimum atomic E-state index is -1.17. The highest BCUT2D eigenvalue weighted by molar-refractivity contribution is 6.06. The van der Waals surface area contributed by atoms with Gasteiger partial charge in [0.1, 0.15) is 5.75 Å². The number of hydrogen-bond acceptors (Lipinski definition) is 5. The Morgan fingerprint density at radius 3 is 2.19 bits per heavy atom. The van der Waals surface area contributed by atoms with Crippen LogP contribution in [0.3, 0.4) is 0 Å². The summed E-state index contributed by atoms with van der Waals surface area (Å²) in [5.41, 5.74) is 0.950. The molecule has 0 saturated carbocycles. The van der Waals surface area contributed by atoms with E-state index in [1.165, 1.54) is 7.11 Å². The fourth-order valence-corrected chi connectivity index (χ4v) is 1.82. The van der Waals surface area contributed by atoms with Crippen LogP contribution in [-0.2, 0) is 19.1 Å². The molecule has 1 aromatic rings. The van der Waals surface area contributed by atoms with Gasteiger partial charge in [-0.05, 0) is 37.1 Å². The van der Waals surface area contributed by atoms with Gasteiger partial charge in [-0.2, -0.15) is 0 Å². The van der Waals surface area contributed by atoms with Crippen molar-refractivity contribution in [2.75, 3.05) is 20.3 Å². The monoisotopic (exact) mass is 292 g/mol. The first-order valence-corrected chi connectivity index (χ1v) is 6.71. The lowest BCUT2D eigenvalue weighted by molar-refractivity contribution is -0.158. The van der Waals surface area contributed by atoms with E-state index in [2.05, 4.69) is 6.58 Å². The normalized spacial score (nSPS) is 10.1. The Morgan fingerprint density at radius 1 is 1.14 bits per heavy atom. The quantitative estimate of drug-likeness (QED) is 0.570. The standard InChI is InChI=1S/C16H20O5/c1-5-20-15(17)14(16(18)21-6-2)11(3)12-8-7-9-13(10-12)19-4/h7-10,14H,3,5-6H2,1-2,4H3. The van der Waals surface area contributed by atoms with Crippen LogP contribution < -0.4 is 4.74 Å². The van der Waals surface area contributed by atoms with Gasteiger partial charge in [0.15, 0.2) is 5.92 Å². The third-order valence-corrected chi connectivity index (χ3v) is 2.83. The molecule has 0 heterocycles. The molecule has 1 aromatic carbocycles. The summed E-state index contributed by atoms with van der Waals surface area (Å²) in [4.78, 5) is 24.0. The average molecular weight is 292 g/mol. The molecule has 0 bridgehead atoms. The van der Waals surface area contributed by atoms with E-state index in [1.807, 2.05) is 0 Å². The molecule has 0 atom stereocenters. The number of rotatable bonds is 7. The predicted molar refractivity (Wildman–Crippen MR) is 78.8 cm³/mol. The fraction of sp³-hybridized carbons (Fsp3) is 0.375. The van der Waals surface area contributed by atoms with Crippen LogP contribution in [0.25, 0.3) is 5.57 Å². The average Bonchev–Trinajstić information content (AvgIpc) is 2.48. The molecule has 0 N–H and O–H groups in total. The fourth-order valence-electron chi connectivity index (χ4n) is 1.82. The van der Waals surface area contributed by atoms with Crippen LogP contribution in [0.2, 0.25) is 0 Å². The highest BCUT2D eigenvalue weighted by atomic mass is 16.6. The van der Waals surface area contributed by atoms with Crippen molar-refractivity contribution in [2.24, 2.45) is 5.92 Å². The predicted octanol–water partition coefficient (Wildman–Crippen LogP) is 2.45. The van der Waals surface area contributed by atoms with Gasteiger partial charge in [0.2, 0.25) is 0 Å². The molecule has 0 saturated heterocycles. The third kappa shape index (κ3) is 4.34. The van der Waals surface area contributed by atoms with E-state index in [-0.39, 0.29) is 13.2 Å². The molecule has 0 radical (unpaired) electrons. The van der Waals surface area contributed by atoms with Gasteiger partial charge in [-0.3, -0.25) is 9.59 Å². The summed E-state index contributed by atoms with van der Waals surface area (Å²) in [6, 6.07) is 6.97. The Morgan fingerprint density at radius 2 is 1.71 bits per heavy atom. The van der Waals surface area contributed by atoms with Crippen molar-refractivity contribution in [1.82, 2.24) is 0 Å². The summed E-state index contributed by atoms with van der Waals surface area (Å²) in [5.74, 6) is -1.88. The van der Waals surface area contributed by atoms with Crippen LogP contribution in [0.4, 0.5) is 0 Å². The van der Waals surface area contributed by atoms with E-state index in [4.69, 9.17) is 14.2 Å². The van der Waals surface area contributed by atoms with Crippen molar-refractivity contribution >= 4 is 17.5 Å². The van der Waals surface area contributed by atoms with Gasteiger partial charge in [0, 0.05) is 0 Å². The Kier molecular flexibility index (Phi) is 6.46. The summed E-state index contributed by atoms with van der Waals surface area (Å²) in [6.07, 6.45) is 0. The van der Waals surface area contributed by atoms with E-state index in [9.17, 15) is 9.59 Å². The van der Waals surface area contributed by atoms with Gasteiger partial charge in [-0.25, -0.2) is 0 Å². The maximum atomic E-state index is 12.0. The van der Waals surface area contributed by atoms with Gasteiger partial charge in [-0.1, -0.05) is 18.7 Å². The molecule has 0 aromatic heterocycles. The van der Waals surface area contributed by atoms with Gasteiger partial charge >= 0.3 is 11.9 Å². The molecule has 0 spiro atoms. The molecule has 0 aliphatic carbocycles. The summed E-state index contributed by atoms with van der Waals surface area (Å²) < 4.78 is 15.0. The maximum Gasteiger partial charge on any atom is 0.324 e. The molecule has 0 fully saturated rings. The lowest BCUT2D eigenvalue weighted by atomic mass is 9.93. The first-order chi connectivity index (χ1) is 10.0. The molecule has 21 heavy (non-hydrogen) atoms. The minimum Gasteiger partial charge on any atom is -0.497 e. The number of esters is 2. The van der Waals surface area contributed by atoms with E-state index >= 15 is 0 Å². The number of benzene rings is 1. The molecule has 0 aliphatic rings. The molecular weight excluding hydrogens is 272 g/mol. The Balaban J connectivity index is 3.08. The lowest BCUT2D eigenvalue weighted by Gasteiger charge is -2.17. The molecule has 5 nitrogen and oxygen atoms in total. The summed E-state index contributed by atoms with van der Waals surface area (Å²) in [5, 5.41) is 0. The van der Waals surface area contributed by atoms with Gasteiger partial charge in [0.25, 0.3) is 0 Å². The van der Waals surface area contributed by atoms with Crippen molar-refractivity contribution in [2.45, 2.75) is 13.8 Å². The van der Waals surface area contributed by atoms with Gasteiger partial charge in [-0.15, -0.1) is 0 Å². The molecule has 1 rings (SSSR count). The van der Waals surface area contributed by atoms with Crippen molar-refractivity contribution in [1.29, 1.82) is 0 Å². The Hall–Kier alpha value is -2.30. The summed E-state index contributed by atoms with van der Waals surface area (Å²) in [7, 11) is 1.54. The Bertz CT molecular complexity index is 503. The highest BCUT2D eigenvalue weighted by Crippen LogP contribution is 2.27. The number of ether oxygens (including phenoxy) is 3. The SMILES string of the molecule is C=C(c1cccc(OC)c1)C(C(=O)OCC)C(=O)OCC. The van der Waals surface area contributed by atoms with Crippen LogP contribution in [0, 0.1) is 5.92 Å². The Labute approximate surface area is 124 Å². The largest absolute Gasteiger partial charge is 0.497 e. The smallest absolute Gasteiger partial charge is 0.324 e. The van der Waals surface area contributed by atoms with Crippen LogP contribution >= 0.6 is 0 Å². The van der Waals surface area contributed by atoms with Gasteiger partial charge in [0.05, 0.1) is 20.3 Å². The van der Waals surface area contributed by atoms with Crippen LogP contribution in [0.5, 0.6) is 5.75 Å². The molecule has 5 heteroatoms. The molecule has 0 amide bonds. The lowest BCUT2D eigenvalue weighted by Crippen LogP contribution is -2.29. The zero-order valence-electron chi connectivity index (χ0n) is 12.5.